The van der Waals surface area contributed by atoms with Gasteiger partial charge in [0.15, 0.2) is 0 Å². The zero-order valence-corrected chi connectivity index (χ0v) is 28.9. The number of benzene rings is 8. The third-order valence-corrected chi connectivity index (χ3v) is 11.1. The van der Waals surface area contributed by atoms with E-state index in [1.165, 1.54) is 42.7 Å². The predicted octanol–water partition coefficient (Wildman–Crippen LogP) is 12.8. The number of nitrogens with one attached hydrogen (secondary N) is 2. The molecule has 246 valence electrons. The van der Waals surface area contributed by atoms with E-state index >= 15 is 0 Å². The first-order valence-corrected chi connectivity index (χ1v) is 18.3. The fourth-order valence-corrected chi connectivity index (χ4v) is 8.66. The van der Waals surface area contributed by atoms with E-state index in [2.05, 4.69) is 148 Å². The molecule has 4 nitrogen and oxygen atoms in total. The average molecular weight is 685 g/mol. The second-order valence-electron chi connectivity index (χ2n) is 13.1. The fourth-order valence-electron chi connectivity index (χ4n) is 7.56. The molecule has 0 fully saturated rings. The van der Waals surface area contributed by atoms with Crippen molar-refractivity contribution in [3.05, 3.63) is 193 Å². The molecule has 0 radical (unpaired) electrons. The standard InChI is InChI=1S/C47H32N4S/c48-47(32-14-3-1-4-15-32)37-19-9-10-20-39(37)49-51-42-28-24-31-13-7-8-18-36(31)46(42)38-26-23-33(29-43(38)51)34-25-27-41-45(30-34)52-44-22-12-11-21-40(44)50(41)35-16-5-2-6-17-35/h1-30,48-49H. The molecule has 0 spiro atoms. The van der Waals surface area contributed by atoms with Crippen molar-refractivity contribution in [2.75, 3.05) is 10.3 Å². The molecule has 0 unspecified atom stereocenters. The molecular formula is C47H32N4S. The van der Waals surface area contributed by atoms with Crippen LogP contribution in [0.25, 0.3) is 43.7 Å². The summed E-state index contributed by atoms with van der Waals surface area (Å²) < 4.78 is 2.21. The second-order valence-corrected chi connectivity index (χ2v) is 14.2. The lowest BCUT2D eigenvalue weighted by Crippen LogP contribution is -2.14. The summed E-state index contributed by atoms with van der Waals surface area (Å²) in [5.41, 5.74) is 14.8. The zero-order chi connectivity index (χ0) is 34.6. The summed E-state index contributed by atoms with van der Waals surface area (Å²) >= 11 is 1.83. The Kier molecular flexibility index (Phi) is 7.18. The van der Waals surface area contributed by atoms with Crippen molar-refractivity contribution in [3.63, 3.8) is 0 Å². The van der Waals surface area contributed by atoms with E-state index in [1.807, 2.05) is 60.3 Å². The van der Waals surface area contributed by atoms with Crippen LogP contribution in [0.3, 0.4) is 0 Å². The van der Waals surface area contributed by atoms with Crippen LogP contribution >= 0.6 is 11.8 Å². The molecule has 1 aliphatic rings. The van der Waals surface area contributed by atoms with Crippen molar-refractivity contribution in [3.8, 4) is 11.1 Å². The summed E-state index contributed by atoms with van der Waals surface area (Å²) in [5, 5.41) is 14.0. The topological polar surface area (TPSA) is 44.1 Å². The molecule has 10 rings (SSSR count). The number of hydrogen-bond donors (Lipinski definition) is 2. The monoisotopic (exact) mass is 684 g/mol. The molecule has 0 bridgehead atoms. The number of anilines is 4. The van der Waals surface area contributed by atoms with Crippen LogP contribution in [0.2, 0.25) is 0 Å². The minimum atomic E-state index is 0.480. The fraction of sp³-hybridized carbons (Fsp3) is 0. The van der Waals surface area contributed by atoms with E-state index in [9.17, 15) is 0 Å². The summed E-state index contributed by atoms with van der Waals surface area (Å²) in [6.45, 7) is 0. The highest BCUT2D eigenvalue weighted by molar-refractivity contribution is 7.99. The second kappa shape index (κ2) is 12.3. The van der Waals surface area contributed by atoms with E-state index in [4.69, 9.17) is 5.41 Å². The molecule has 0 atom stereocenters. The third kappa shape index (κ3) is 4.97. The van der Waals surface area contributed by atoms with Gasteiger partial charge in [0, 0.05) is 37.4 Å². The van der Waals surface area contributed by atoms with Gasteiger partial charge in [0.25, 0.3) is 0 Å². The molecule has 1 aromatic heterocycles. The summed E-state index contributed by atoms with van der Waals surface area (Å²) in [6, 6.07) is 64.0. The largest absolute Gasteiger partial charge is 0.308 e. The number of rotatable bonds is 6. The average Bonchev–Trinajstić information content (AvgIpc) is 3.53. The van der Waals surface area contributed by atoms with Crippen LogP contribution in [0.15, 0.2) is 192 Å². The Morgan fingerprint density at radius 2 is 1.21 bits per heavy atom. The molecular weight excluding hydrogens is 653 g/mol. The minimum Gasteiger partial charge on any atom is -0.308 e. The lowest BCUT2D eigenvalue weighted by molar-refractivity contribution is 1.06. The maximum atomic E-state index is 9.16. The van der Waals surface area contributed by atoms with Crippen molar-refractivity contribution < 1.29 is 0 Å². The maximum absolute atomic E-state index is 9.16. The van der Waals surface area contributed by atoms with Crippen molar-refractivity contribution in [2.45, 2.75) is 9.79 Å². The predicted molar refractivity (Wildman–Crippen MR) is 219 cm³/mol. The van der Waals surface area contributed by atoms with E-state index < -0.39 is 0 Å². The van der Waals surface area contributed by atoms with E-state index in [1.54, 1.807) is 0 Å². The molecule has 2 N–H and O–H groups in total. The lowest BCUT2D eigenvalue weighted by atomic mass is 10.0. The van der Waals surface area contributed by atoms with Gasteiger partial charge in [-0.3, -0.25) is 15.5 Å². The molecule has 9 aromatic rings. The summed E-state index contributed by atoms with van der Waals surface area (Å²) in [5.74, 6) is 0. The van der Waals surface area contributed by atoms with Gasteiger partial charge in [-0.2, -0.15) is 0 Å². The third-order valence-electron chi connectivity index (χ3n) is 10.0. The van der Waals surface area contributed by atoms with Crippen LogP contribution < -0.4 is 10.3 Å². The van der Waals surface area contributed by atoms with Gasteiger partial charge in [0.2, 0.25) is 0 Å². The van der Waals surface area contributed by atoms with Crippen molar-refractivity contribution in [1.29, 1.82) is 5.41 Å². The van der Waals surface area contributed by atoms with Crippen LogP contribution in [-0.2, 0) is 0 Å². The summed E-state index contributed by atoms with van der Waals surface area (Å²) in [7, 11) is 0. The Balaban J connectivity index is 1.14. The highest BCUT2D eigenvalue weighted by Crippen LogP contribution is 2.52. The lowest BCUT2D eigenvalue weighted by Gasteiger charge is -2.33. The smallest absolute Gasteiger partial charge is 0.0716 e. The highest BCUT2D eigenvalue weighted by Gasteiger charge is 2.25. The van der Waals surface area contributed by atoms with Crippen LogP contribution in [0, 0.1) is 5.41 Å². The van der Waals surface area contributed by atoms with Crippen LogP contribution in [0.5, 0.6) is 0 Å². The molecule has 8 aromatic carbocycles. The minimum absolute atomic E-state index is 0.480. The Morgan fingerprint density at radius 1 is 0.519 bits per heavy atom. The molecule has 0 saturated heterocycles. The highest BCUT2D eigenvalue weighted by atomic mass is 32.2. The zero-order valence-electron chi connectivity index (χ0n) is 28.1. The first-order valence-electron chi connectivity index (χ1n) is 17.4. The molecule has 2 heterocycles. The maximum Gasteiger partial charge on any atom is 0.0716 e. The molecule has 52 heavy (non-hydrogen) atoms. The van der Waals surface area contributed by atoms with Gasteiger partial charge in [-0.25, -0.2) is 0 Å². The van der Waals surface area contributed by atoms with Gasteiger partial charge in [0.05, 0.1) is 33.8 Å². The molecule has 0 aliphatic carbocycles. The number of nitrogens with zero attached hydrogens (tertiary/aromatic N) is 2. The molecule has 1 aliphatic heterocycles. The number of para-hydroxylation sites is 3. The Morgan fingerprint density at radius 3 is 2.10 bits per heavy atom. The molecule has 5 heteroatoms. The quantitative estimate of drug-likeness (QED) is 0.171. The van der Waals surface area contributed by atoms with Gasteiger partial charge >= 0.3 is 0 Å². The van der Waals surface area contributed by atoms with Crippen molar-refractivity contribution >= 4 is 72.8 Å². The molecule has 0 amide bonds. The van der Waals surface area contributed by atoms with Gasteiger partial charge in [-0.1, -0.05) is 139 Å². The van der Waals surface area contributed by atoms with E-state index in [0.29, 0.717) is 5.71 Å². The number of fused-ring (bicyclic) bond motifs is 7. The van der Waals surface area contributed by atoms with Crippen LogP contribution in [-0.4, -0.2) is 10.4 Å². The molecule has 0 saturated carbocycles. The van der Waals surface area contributed by atoms with Gasteiger partial charge in [-0.15, -0.1) is 0 Å². The first kappa shape index (κ1) is 30.3. The van der Waals surface area contributed by atoms with Crippen molar-refractivity contribution in [1.82, 2.24) is 4.68 Å². The van der Waals surface area contributed by atoms with Gasteiger partial charge < -0.3 is 4.90 Å². The van der Waals surface area contributed by atoms with Crippen LogP contribution in [0.4, 0.5) is 22.7 Å². The summed E-state index contributed by atoms with van der Waals surface area (Å²) in [6.07, 6.45) is 0. The SMILES string of the molecule is N=C(c1ccccc1)c1ccccc1Nn1c2cc(-c3ccc4c(c3)Sc3ccccc3N4c3ccccc3)ccc2c2c3ccccc3ccc21. The Labute approximate surface area is 306 Å². The number of hydrogen-bond acceptors (Lipinski definition) is 4. The van der Waals surface area contributed by atoms with Crippen LogP contribution in [0.1, 0.15) is 11.1 Å². The Hall–Kier alpha value is -6.56. The number of aromatic nitrogens is 1. The van der Waals surface area contributed by atoms with Gasteiger partial charge in [-0.05, 0) is 76.5 Å². The normalized spacial score (nSPS) is 12.2. The Bertz CT molecular complexity index is 2820. The summed E-state index contributed by atoms with van der Waals surface area (Å²) in [4.78, 5) is 4.83. The van der Waals surface area contributed by atoms with E-state index in [-0.39, 0.29) is 0 Å². The van der Waals surface area contributed by atoms with Gasteiger partial charge in [0.1, 0.15) is 0 Å². The van der Waals surface area contributed by atoms with Crippen molar-refractivity contribution in [2.24, 2.45) is 0 Å². The first-order chi connectivity index (χ1) is 25.7. The van der Waals surface area contributed by atoms with E-state index in [0.717, 1.165) is 44.7 Å².